The molecule has 0 unspecified atom stereocenters. The summed E-state index contributed by atoms with van der Waals surface area (Å²) >= 11 is 0. The van der Waals surface area contributed by atoms with E-state index in [1.165, 1.54) is 0 Å². The fourth-order valence-electron chi connectivity index (χ4n) is 2.22. The third-order valence-electron chi connectivity index (χ3n) is 2.93. The molecule has 0 radical (unpaired) electrons. The lowest BCUT2D eigenvalue weighted by atomic mass is 10.1. The molecule has 4 heteroatoms. The maximum atomic E-state index is 5.75. The Morgan fingerprint density at radius 3 is 2.65 bits per heavy atom. The maximum absolute atomic E-state index is 5.75. The molecular weight excluding hydrogens is 212 g/mol. The normalized spacial score (nSPS) is 11.6. The number of aromatic nitrogens is 3. The smallest absolute Gasteiger partial charge is 0.143 e. The Morgan fingerprint density at radius 2 is 2.06 bits per heavy atom. The monoisotopic (exact) mass is 232 g/mol. The van der Waals surface area contributed by atoms with Crippen molar-refractivity contribution < 1.29 is 0 Å². The van der Waals surface area contributed by atoms with Gasteiger partial charge in [-0.25, -0.2) is 9.97 Å². The van der Waals surface area contributed by atoms with Crippen LogP contribution in [0.1, 0.15) is 30.9 Å². The Morgan fingerprint density at radius 1 is 1.35 bits per heavy atom. The van der Waals surface area contributed by atoms with E-state index in [0.717, 1.165) is 34.5 Å². The second-order valence-electron chi connectivity index (χ2n) is 4.99. The summed E-state index contributed by atoms with van der Waals surface area (Å²) in [5.41, 5.74) is 8.90. The van der Waals surface area contributed by atoms with Crippen LogP contribution in [0.3, 0.4) is 0 Å². The van der Waals surface area contributed by atoms with E-state index in [1.54, 1.807) is 0 Å². The van der Waals surface area contributed by atoms with Crippen molar-refractivity contribution in [2.75, 3.05) is 0 Å². The van der Waals surface area contributed by atoms with Gasteiger partial charge in [0, 0.05) is 31.6 Å². The third-order valence-corrected chi connectivity index (χ3v) is 2.93. The zero-order chi connectivity index (χ0) is 12.6. The van der Waals surface area contributed by atoms with Crippen molar-refractivity contribution in [3.8, 4) is 0 Å². The van der Waals surface area contributed by atoms with Crippen molar-refractivity contribution in [1.29, 1.82) is 0 Å². The lowest BCUT2D eigenvalue weighted by Gasteiger charge is -2.06. The van der Waals surface area contributed by atoms with Gasteiger partial charge in [-0.3, -0.25) is 0 Å². The van der Waals surface area contributed by atoms with Gasteiger partial charge in [-0.2, -0.15) is 0 Å². The molecule has 0 spiro atoms. The maximum Gasteiger partial charge on any atom is 0.143 e. The van der Waals surface area contributed by atoms with Crippen LogP contribution >= 0.6 is 0 Å². The number of rotatable bonds is 3. The van der Waals surface area contributed by atoms with Crippen LogP contribution in [0, 0.1) is 12.8 Å². The van der Waals surface area contributed by atoms with E-state index in [0.29, 0.717) is 12.5 Å². The minimum atomic E-state index is 0.533. The highest BCUT2D eigenvalue weighted by atomic mass is 15.0. The first kappa shape index (κ1) is 12.0. The Bertz CT molecular complexity index is 540. The summed E-state index contributed by atoms with van der Waals surface area (Å²) in [7, 11) is 2.01. The van der Waals surface area contributed by atoms with Crippen LogP contribution in [0.4, 0.5) is 0 Å². The number of hydrogen-bond acceptors (Lipinski definition) is 3. The lowest BCUT2D eigenvalue weighted by molar-refractivity contribution is 0.620. The van der Waals surface area contributed by atoms with Crippen molar-refractivity contribution in [3.63, 3.8) is 0 Å². The molecule has 2 aromatic heterocycles. The lowest BCUT2D eigenvalue weighted by Crippen LogP contribution is -2.04. The standard InChI is InChI=1S/C13H20N4/c1-8(2)5-11-15-9(3)12-10(6-14)7-17(4)13(12)16-11/h7-8H,5-6,14H2,1-4H3. The molecule has 2 rings (SSSR count). The molecule has 0 aromatic carbocycles. The molecule has 0 bridgehead atoms. The van der Waals surface area contributed by atoms with Gasteiger partial charge in [0.25, 0.3) is 0 Å². The zero-order valence-electron chi connectivity index (χ0n) is 11.0. The minimum absolute atomic E-state index is 0.533. The molecule has 0 aliphatic rings. The molecule has 0 aliphatic heterocycles. The number of fused-ring (bicyclic) bond motifs is 1. The molecule has 17 heavy (non-hydrogen) atoms. The molecule has 0 fully saturated rings. The Hall–Kier alpha value is -1.42. The highest BCUT2D eigenvalue weighted by Crippen LogP contribution is 2.22. The largest absolute Gasteiger partial charge is 0.335 e. The summed E-state index contributed by atoms with van der Waals surface area (Å²) in [6.07, 6.45) is 2.96. The Labute approximate surface area is 102 Å². The van der Waals surface area contributed by atoms with Crippen LogP contribution in [-0.2, 0) is 20.0 Å². The molecule has 2 heterocycles. The van der Waals surface area contributed by atoms with Crippen molar-refractivity contribution in [2.45, 2.75) is 33.7 Å². The van der Waals surface area contributed by atoms with Crippen LogP contribution < -0.4 is 5.73 Å². The van der Waals surface area contributed by atoms with E-state index in [9.17, 15) is 0 Å². The van der Waals surface area contributed by atoms with Crippen molar-refractivity contribution in [2.24, 2.45) is 18.7 Å². The van der Waals surface area contributed by atoms with Crippen molar-refractivity contribution >= 4 is 11.0 Å². The quantitative estimate of drug-likeness (QED) is 0.879. The zero-order valence-corrected chi connectivity index (χ0v) is 11.0. The second-order valence-corrected chi connectivity index (χ2v) is 4.99. The summed E-state index contributed by atoms with van der Waals surface area (Å²) in [6.45, 7) is 6.93. The predicted octanol–water partition coefficient (Wildman–Crippen LogP) is 1.93. The summed E-state index contributed by atoms with van der Waals surface area (Å²) in [4.78, 5) is 9.22. The fourth-order valence-corrected chi connectivity index (χ4v) is 2.22. The van der Waals surface area contributed by atoms with Crippen LogP contribution in [0.2, 0.25) is 0 Å². The number of hydrogen-bond donors (Lipinski definition) is 1. The van der Waals surface area contributed by atoms with E-state index < -0.39 is 0 Å². The summed E-state index contributed by atoms with van der Waals surface area (Å²) in [5, 5.41) is 1.11. The van der Waals surface area contributed by atoms with Crippen molar-refractivity contribution in [3.05, 3.63) is 23.3 Å². The van der Waals surface area contributed by atoms with E-state index in [4.69, 9.17) is 5.73 Å². The number of nitrogens with two attached hydrogens (primary N) is 1. The first-order chi connectivity index (χ1) is 8.02. The molecule has 2 aromatic rings. The number of aryl methyl sites for hydroxylation is 2. The van der Waals surface area contributed by atoms with Gasteiger partial charge in [-0.15, -0.1) is 0 Å². The molecule has 0 saturated heterocycles. The van der Waals surface area contributed by atoms with E-state index >= 15 is 0 Å². The average molecular weight is 232 g/mol. The fraction of sp³-hybridized carbons (Fsp3) is 0.538. The molecule has 92 valence electrons. The van der Waals surface area contributed by atoms with Gasteiger partial charge in [0.1, 0.15) is 11.5 Å². The van der Waals surface area contributed by atoms with Crippen LogP contribution in [0.15, 0.2) is 6.20 Å². The topological polar surface area (TPSA) is 56.7 Å². The molecule has 0 saturated carbocycles. The van der Waals surface area contributed by atoms with Gasteiger partial charge in [-0.1, -0.05) is 13.8 Å². The van der Waals surface area contributed by atoms with E-state index in [-0.39, 0.29) is 0 Å². The van der Waals surface area contributed by atoms with Gasteiger partial charge in [0.15, 0.2) is 0 Å². The molecule has 0 amide bonds. The summed E-state index contributed by atoms with van der Waals surface area (Å²) in [6, 6.07) is 0. The van der Waals surface area contributed by atoms with Gasteiger partial charge in [0.05, 0.1) is 5.69 Å². The molecule has 0 atom stereocenters. The van der Waals surface area contributed by atoms with E-state index in [1.807, 2.05) is 24.7 Å². The molecule has 2 N–H and O–H groups in total. The van der Waals surface area contributed by atoms with Crippen LogP contribution in [0.25, 0.3) is 11.0 Å². The predicted molar refractivity (Wildman–Crippen MR) is 69.7 cm³/mol. The molecule has 0 aliphatic carbocycles. The first-order valence-corrected chi connectivity index (χ1v) is 6.04. The highest BCUT2D eigenvalue weighted by Gasteiger charge is 2.12. The third kappa shape index (κ3) is 2.17. The van der Waals surface area contributed by atoms with Crippen molar-refractivity contribution in [1.82, 2.24) is 14.5 Å². The van der Waals surface area contributed by atoms with Gasteiger partial charge in [0.2, 0.25) is 0 Å². The molecule has 4 nitrogen and oxygen atoms in total. The molecular formula is C13H20N4. The Balaban J connectivity index is 2.61. The summed E-state index contributed by atoms with van der Waals surface area (Å²) < 4.78 is 2.04. The van der Waals surface area contributed by atoms with Crippen LogP contribution in [0.5, 0.6) is 0 Å². The SMILES string of the molecule is Cc1nc(CC(C)C)nc2c1c(CN)cn2C. The Kier molecular flexibility index (Phi) is 3.15. The average Bonchev–Trinajstić information content (AvgIpc) is 2.55. The number of nitrogens with zero attached hydrogens (tertiary/aromatic N) is 3. The van der Waals surface area contributed by atoms with Gasteiger partial charge < -0.3 is 10.3 Å². The van der Waals surface area contributed by atoms with E-state index in [2.05, 4.69) is 23.8 Å². The summed E-state index contributed by atoms with van der Waals surface area (Å²) in [5.74, 6) is 1.50. The second kappa shape index (κ2) is 4.45. The minimum Gasteiger partial charge on any atom is -0.335 e. The van der Waals surface area contributed by atoms with Crippen LogP contribution in [-0.4, -0.2) is 14.5 Å². The first-order valence-electron chi connectivity index (χ1n) is 6.04. The highest BCUT2D eigenvalue weighted by molar-refractivity contribution is 5.82. The van der Waals surface area contributed by atoms with Gasteiger partial charge >= 0.3 is 0 Å². The van der Waals surface area contributed by atoms with Gasteiger partial charge in [-0.05, 0) is 18.4 Å².